The Hall–Kier alpha value is -2.20. The third-order valence-corrected chi connectivity index (χ3v) is 8.47. The van der Waals surface area contributed by atoms with E-state index in [2.05, 4.69) is 26.7 Å². The van der Waals surface area contributed by atoms with Crippen molar-refractivity contribution >= 4 is 28.6 Å². The highest BCUT2D eigenvalue weighted by Gasteiger charge is 2.38. The lowest BCUT2D eigenvalue weighted by Gasteiger charge is -2.37. The largest absolute Gasteiger partial charge is 0.329 e. The molecule has 2 aliphatic rings. The summed E-state index contributed by atoms with van der Waals surface area (Å²) in [7, 11) is 1.88. The molecule has 1 fully saturated rings. The Morgan fingerprint density at radius 1 is 1.26 bits per heavy atom. The fourth-order valence-electron chi connectivity index (χ4n) is 4.64. The number of alkyl halides is 2. The maximum absolute atomic E-state index is 14.4. The van der Waals surface area contributed by atoms with E-state index in [4.69, 9.17) is 0 Å². The summed E-state index contributed by atoms with van der Waals surface area (Å²) in [6.07, 6.45) is 2.06. The average molecular weight is 464 g/mol. The molecule has 3 aromatic heterocycles. The first-order chi connectivity index (χ1) is 14.9. The zero-order valence-electron chi connectivity index (χ0n) is 17.2. The highest BCUT2D eigenvalue weighted by molar-refractivity contribution is 7.13. The van der Waals surface area contributed by atoms with Crippen molar-refractivity contribution in [1.29, 1.82) is 0 Å². The predicted molar refractivity (Wildman–Crippen MR) is 115 cm³/mol. The molecule has 6 nitrogen and oxygen atoms in total. The van der Waals surface area contributed by atoms with Gasteiger partial charge in [0.2, 0.25) is 5.01 Å². The maximum atomic E-state index is 14.4. The fourth-order valence-corrected chi connectivity index (χ4v) is 6.73. The summed E-state index contributed by atoms with van der Waals surface area (Å²) in [6, 6.07) is 1.98. The van der Waals surface area contributed by atoms with Crippen LogP contribution >= 0.6 is 22.7 Å². The van der Waals surface area contributed by atoms with E-state index in [1.807, 2.05) is 31.3 Å². The molecule has 1 aliphatic heterocycles. The second-order valence-corrected chi connectivity index (χ2v) is 10.3. The molecular weight excluding hydrogens is 440 g/mol. The van der Waals surface area contributed by atoms with Gasteiger partial charge in [-0.15, -0.1) is 21.5 Å². The van der Waals surface area contributed by atoms with Gasteiger partial charge in [0.15, 0.2) is 0 Å². The number of hydrogen-bond donors (Lipinski definition) is 0. The van der Waals surface area contributed by atoms with E-state index >= 15 is 0 Å². The summed E-state index contributed by atoms with van der Waals surface area (Å²) in [5.41, 5.74) is 2.20. The Balaban J connectivity index is 1.41. The molecule has 31 heavy (non-hydrogen) atoms. The number of aryl methyl sites for hydroxylation is 1. The molecule has 0 bridgehead atoms. The van der Waals surface area contributed by atoms with Crippen LogP contribution in [0.1, 0.15) is 74.9 Å². The van der Waals surface area contributed by atoms with Crippen molar-refractivity contribution in [1.82, 2.24) is 24.9 Å². The zero-order chi connectivity index (χ0) is 21.7. The van der Waals surface area contributed by atoms with Gasteiger partial charge in [0, 0.05) is 48.5 Å². The van der Waals surface area contributed by atoms with E-state index in [0.29, 0.717) is 24.4 Å². The SMILES string of the molecule is CC1c2ccsc2C(c2cnn(C)c2)CN1C(=O)c1nnc(C2CCC(F)CC2F)s1. The van der Waals surface area contributed by atoms with Crippen LogP contribution in [0.2, 0.25) is 0 Å². The number of carbonyl (C=O) groups excluding carboxylic acids is 1. The Labute approximate surface area is 186 Å². The predicted octanol–water partition coefficient (Wildman–Crippen LogP) is 4.63. The quantitative estimate of drug-likeness (QED) is 0.568. The topological polar surface area (TPSA) is 63.9 Å². The van der Waals surface area contributed by atoms with Crippen LogP contribution in [0.3, 0.4) is 0 Å². The fraction of sp³-hybridized carbons (Fsp3) is 0.524. The molecule has 1 aliphatic carbocycles. The van der Waals surface area contributed by atoms with E-state index in [1.54, 1.807) is 16.0 Å². The number of carbonyl (C=O) groups is 1. The highest BCUT2D eigenvalue weighted by atomic mass is 32.1. The summed E-state index contributed by atoms with van der Waals surface area (Å²) in [4.78, 5) is 16.5. The van der Waals surface area contributed by atoms with Gasteiger partial charge in [-0.05, 0) is 36.8 Å². The first-order valence-corrected chi connectivity index (χ1v) is 12.1. The normalized spacial score (nSPS) is 28.5. The summed E-state index contributed by atoms with van der Waals surface area (Å²) in [6.45, 7) is 2.54. The molecule has 5 rings (SSSR count). The van der Waals surface area contributed by atoms with Crippen molar-refractivity contribution in [2.75, 3.05) is 6.54 Å². The van der Waals surface area contributed by atoms with Crippen LogP contribution in [0, 0.1) is 0 Å². The van der Waals surface area contributed by atoms with Gasteiger partial charge in [-0.2, -0.15) is 5.10 Å². The number of hydrogen-bond acceptors (Lipinski definition) is 6. The average Bonchev–Trinajstić information content (AvgIpc) is 3.48. The second kappa shape index (κ2) is 8.05. The van der Waals surface area contributed by atoms with E-state index in [-0.39, 0.29) is 29.3 Å². The lowest BCUT2D eigenvalue weighted by Crippen LogP contribution is -2.40. The Bertz CT molecular complexity index is 1100. The summed E-state index contributed by atoms with van der Waals surface area (Å²) in [5, 5.41) is 15.3. The molecule has 10 heteroatoms. The third kappa shape index (κ3) is 3.69. The minimum atomic E-state index is -1.28. The molecule has 5 unspecified atom stereocenters. The first-order valence-electron chi connectivity index (χ1n) is 10.4. The smallest absolute Gasteiger partial charge is 0.285 e. The summed E-state index contributed by atoms with van der Waals surface area (Å²) in [5.74, 6) is -0.626. The molecule has 5 atom stereocenters. The van der Waals surface area contributed by atoms with Crippen LogP contribution in [-0.2, 0) is 7.05 Å². The van der Waals surface area contributed by atoms with Crippen molar-refractivity contribution in [2.45, 2.75) is 56.4 Å². The van der Waals surface area contributed by atoms with Gasteiger partial charge in [-0.25, -0.2) is 8.78 Å². The third-order valence-electron chi connectivity index (χ3n) is 6.38. The number of nitrogens with zero attached hydrogens (tertiary/aromatic N) is 5. The molecule has 0 spiro atoms. The highest BCUT2D eigenvalue weighted by Crippen LogP contribution is 2.43. The van der Waals surface area contributed by atoms with Crippen LogP contribution in [0.5, 0.6) is 0 Å². The standard InChI is InChI=1S/C21H23F2N5OS2/c1-11-14-5-6-30-18(14)16(12-8-24-27(2)9-12)10-28(11)21(29)20-26-25-19(31-20)15-4-3-13(22)7-17(15)23/h5-6,8-9,11,13,15-17H,3-4,7,10H2,1-2H3. The van der Waals surface area contributed by atoms with Gasteiger partial charge in [0.1, 0.15) is 17.4 Å². The Kier molecular flexibility index (Phi) is 5.37. The molecule has 0 radical (unpaired) electrons. The van der Waals surface area contributed by atoms with Crippen LogP contribution in [0.15, 0.2) is 23.8 Å². The monoisotopic (exact) mass is 463 g/mol. The van der Waals surface area contributed by atoms with Crippen molar-refractivity contribution in [2.24, 2.45) is 7.05 Å². The molecule has 3 aromatic rings. The summed E-state index contributed by atoms with van der Waals surface area (Å²) >= 11 is 2.84. The molecule has 0 N–H and O–H groups in total. The van der Waals surface area contributed by atoms with Gasteiger partial charge in [0.25, 0.3) is 5.91 Å². The molecule has 4 heterocycles. The first kappa shape index (κ1) is 20.7. The second-order valence-electron chi connectivity index (χ2n) is 8.35. The van der Waals surface area contributed by atoms with Crippen LogP contribution in [-0.4, -0.2) is 49.7 Å². The molecule has 164 valence electrons. The zero-order valence-corrected chi connectivity index (χ0v) is 18.9. The van der Waals surface area contributed by atoms with Crippen molar-refractivity contribution in [3.8, 4) is 0 Å². The lowest BCUT2D eigenvalue weighted by atomic mass is 9.87. The molecule has 0 saturated heterocycles. The maximum Gasteiger partial charge on any atom is 0.285 e. The number of fused-ring (bicyclic) bond motifs is 1. The van der Waals surface area contributed by atoms with E-state index in [9.17, 15) is 13.6 Å². The minimum absolute atomic E-state index is 0.0475. The number of aromatic nitrogens is 4. The van der Waals surface area contributed by atoms with E-state index in [0.717, 1.165) is 22.5 Å². The Morgan fingerprint density at radius 2 is 2.10 bits per heavy atom. The van der Waals surface area contributed by atoms with Crippen LogP contribution in [0.25, 0.3) is 0 Å². The number of amides is 1. The number of rotatable bonds is 3. The van der Waals surface area contributed by atoms with E-state index in [1.165, 1.54) is 4.88 Å². The molecule has 1 saturated carbocycles. The van der Waals surface area contributed by atoms with Gasteiger partial charge < -0.3 is 4.90 Å². The summed E-state index contributed by atoms with van der Waals surface area (Å²) < 4.78 is 29.6. The number of thiophene rings is 1. The molecule has 0 aromatic carbocycles. The van der Waals surface area contributed by atoms with Crippen molar-refractivity contribution < 1.29 is 13.6 Å². The van der Waals surface area contributed by atoms with Crippen molar-refractivity contribution in [3.05, 3.63) is 49.9 Å². The van der Waals surface area contributed by atoms with Gasteiger partial charge >= 0.3 is 0 Å². The molecule has 1 amide bonds. The van der Waals surface area contributed by atoms with Crippen LogP contribution < -0.4 is 0 Å². The lowest BCUT2D eigenvalue weighted by molar-refractivity contribution is 0.0666. The van der Waals surface area contributed by atoms with Gasteiger partial charge in [-0.3, -0.25) is 9.48 Å². The van der Waals surface area contributed by atoms with Gasteiger partial charge in [-0.1, -0.05) is 11.3 Å². The van der Waals surface area contributed by atoms with Gasteiger partial charge in [0.05, 0.1) is 12.2 Å². The Morgan fingerprint density at radius 3 is 2.84 bits per heavy atom. The van der Waals surface area contributed by atoms with Crippen LogP contribution in [0.4, 0.5) is 8.78 Å². The minimum Gasteiger partial charge on any atom is -0.329 e. The molecular formula is C21H23F2N5OS2. The number of halogens is 2. The van der Waals surface area contributed by atoms with E-state index < -0.39 is 18.3 Å². The van der Waals surface area contributed by atoms with Crippen molar-refractivity contribution in [3.63, 3.8) is 0 Å².